The molecule has 5 nitrogen and oxygen atoms in total. The van der Waals surface area contributed by atoms with Gasteiger partial charge in [0, 0.05) is 18.0 Å². The Labute approximate surface area is 130 Å². The molecule has 0 bridgehead atoms. The molecule has 5 heteroatoms. The van der Waals surface area contributed by atoms with Crippen LogP contribution in [-0.4, -0.2) is 41.8 Å². The summed E-state index contributed by atoms with van der Waals surface area (Å²) in [7, 11) is 0. The number of nitrogens with zero attached hydrogens (tertiary/aromatic N) is 1. The monoisotopic (exact) mass is 303 g/mol. The summed E-state index contributed by atoms with van der Waals surface area (Å²) >= 11 is 0. The highest BCUT2D eigenvalue weighted by molar-refractivity contribution is 5.98. The maximum Gasteiger partial charge on any atom is 0.329 e. The van der Waals surface area contributed by atoms with Crippen LogP contribution in [0.5, 0.6) is 0 Å². The Morgan fingerprint density at radius 1 is 1.23 bits per heavy atom. The summed E-state index contributed by atoms with van der Waals surface area (Å²) in [5.41, 5.74) is 0.511. The van der Waals surface area contributed by atoms with Crippen molar-refractivity contribution in [2.45, 2.75) is 32.7 Å². The van der Waals surface area contributed by atoms with Crippen molar-refractivity contribution in [3.05, 3.63) is 35.9 Å². The molecule has 2 rings (SSSR count). The second-order valence-electron chi connectivity index (χ2n) is 5.74. The van der Waals surface area contributed by atoms with E-state index in [0.29, 0.717) is 18.5 Å². The van der Waals surface area contributed by atoms with E-state index in [4.69, 9.17) is 4.74 Å². The fraction of sp³-hybridized carbons (Fsp3) is 0.471. The predicted octanol–water partition coefficient (Wildman–Crippen LogP) is 2.06. The van der Waals surface area contributed by atoms with Gasteiger partial charge in [0.25, 0.3) is 0 Å². The van der Waals surface area contributed by atoms with E-state index in [9.17, 15) is 14.4 Å². The summed E-state index contributed by atoms with van der Waals surface area (Å²) in [5.74, 6) is -0.933. The number of ketones is 1. The van der Waals surface area contributed by atoms with E-state index < -0.39 is 12.0 Å². The Hall–Kier alpha value is -2.17. The average molecular weight is 303 g/mol. The molecule has 1 aromatic rings. The first-order valence-electron chi connectivity index (χ1n) is 7.56. The summed E-state index contributed by atoms with van der Waals surface area (Å²) in [6, 6.07) is 8.14. The lowest BCUT2D eigenvalue weighted by atomic mass is 10.1. The third-order valence-corrected chi connectivity index (χ3v) is 3.74. The van der Waals surface area contributed by atoms with E-state index in [1.807, 2.05) is 19.9 Å². The van der Waals surface area contributed by atoms with Gasteiger partial charge in [-0.25, -0.2) is 4.79 Å². The number of esters is 1. The number of carbonyl (C=O) groups is 3. The number of likely N-dealkylation sites (tertiary alicyclic amines) is 1. The maximum atomic E-state index is 12.2. The summed E-state index contributed by atoms with van der Waals surface area (Å²) in [6.45, 7) is 3.90. The van der Waals surface area contributed by atoms with Crippen LogP contribution in [-0.2, 0) is 14.3 Å². The third kappa shape index (κ3) is 3.72. The van der Waals surface area contributed by atoms with Gasteiger partial charge >= 0.3 is 5.97 Å². The van der Waals surface area contributed by atoms with Crippen molar-refractivity contribution in [3.63, 3.8) is 0 Å². The lowest BCUT2D eigenvalue weighted by molar-refractivity contribution is -0.153. The van der Waals surface area contributed by atoms with Gasteiger partial charge in [0.1, 0.15) is 6.04 Å². The zero-order chi connectivity index (χ0) is 16.1. The van der Waals surface area contributed by atoms with Crippen LogP contribution in [0.25, 0.3) is 0 Å². The molecule has 0 unspecified atom stereocenters. The second-order valence-corrected chi connectivity index (χ2v) is 5.74. The third-order valence-electron chi connectivity index (χ3n) is 3.74. The Kier molecular flexibility index (Phi) is 5.31. The summed E-state index contributed by atoms with van der Waals surface area (Å²) < 4.78 is 5.12. The Morgan fingerprint density at radius 2 is 1.91 bits per heavy atom. The fourth-order valence-corrected chi connectivity index (χ4v) is 2.55. The molecule has 0 aliphatic carbocycles. The SMILES string of the molecule is CC(C)C(=O)N1CCC[C@H]1C(=O)OCC(=O)c1ccccc1. The molecule has 22 heavy (non-hydrogen) atoms. The molecule has 0 spiro atoms. The van der Waals surface area contributed by atoms with E-state index in [0.717, 1.165) is 6.42 Å². The van der Waals surface area contributed by atoms with Crippen LogP contribution >= 0.6 is 0 Å². The molecule has 0 aromatic heterocycles. The molecular weight excluding hydrogens is 282 g/mol. The number of rotatable bonds is 5. The number of hydrogen-bond donors (Lipinski definition) is 0. The normalized spacial score (nSPS) is 17.6. The van der Waals surface area contributed by atoms with Crippen molar-refractivity contribution in [1.29, 1.82) is 0 Å². The number of benzene rings is 1. The molecule has 1 aliphatic rings. The molecule has 1 aliphatic heterocycles. The van der Waals surface area contributed by atoms with Crippen molar-refractivity contribution in [2.24, 2.45) is 5.92 Å². The van der Waals surface area contributed by atoms with Crippen LogP contribution in [0.15, 0.2) is 30.3 Å². The Bertz CT molecular complexity index is 553. The summed E-state index contributed by atoms with van der Waals surface area (Å²) in [4.78, 5) is 37.7. The van der Waals surface area contributed by atoms with Gasteiger partial charge in [-0.2, -0.15) is 0 Å². The molecule has 0 saturated carbocycles. The molecule has 1 heterocycles. The molecule has 1 atom stereocenters. The van der Waals surface area contributed by atoms with Crippen molar-refractivity contribution in [1.82, 2.24) is 4.90 Å². The lowest BCUT2D eigenvalue weighted by Crippen LogP contribution is -2.43. The molecule has 0 N–H and O–H groups in total. The van der Waals surface area contributed by atoms with Gasteiger partial charge < -0.3 is 9.64 Å². The minimum Gasteiger partial charge on any atom is -0.456 e. The van der Waals surface area contributed by atoms with Gasteiger partial charge in [0.2, 0.25) is 5.91 Å². The molecule has 1 saturated heterocycles. The molecule has 118 valence electrons. The largest absolute Gasteiger partial charge is 0.456 e. The highest BCUT2D eigenvalue weighted by atomic mass is 16.5. The van der Waals surface area contributed by atoms with Crippen LogP contribution in [0, 0.1) is 5.92 Å². The van der Waals surface area contributed by atoms with Gasteiger partial charge in [-0.15, -0.1) is 0 Å². The fourth-order valence-electron chi connectivity index (χ4n) is 2.55. The van der Waals surface area contributed by atoms with Crippen molar-refractivity contribution >= 4 is 17.7 Å². The zero-order valence-corrected chi connectivity index (χ0v) is 13.0. The summed E-state index contributed by atoms with van der Waals surface area (Å²) in [6.07, 6.45) is 1.38. The minimum absolute atomic E-state index is 0.0474. The molecule has 1 aromatic carbocycles. The van der Waals surface area contributed by atoms with Gasteiger partial charge in [-0.3, -0.25) is 9.59 Å². The van der Waals surface area contributed by atoms with E-state index in [-0.39, 0.29) is 24.2 Å². The van der Waals surface area contributed by atoms with E-state index in [2.05, 4.69) is 0 Å². The molecular formula is C17H21NO4. The van der Waals surface area contributed by atoms with Crippen LogP contribution in [0.3, 0.4) is 0 Å². The minimum atomic E-state index is -0.557. The number of carbonyl (C=O) groups excluding carboxylic acids is 3. The highest BCUT2D eigenvalue weighted by Crippen LogP contribution is 2.21. The predicted molar refractivity (Wildman–Crippen MR) is 81.3 cm³/mol. The van der Waals surface area contributed by atoms with Crippen LogP contribution in [0.4, 0.5) is 0 Å². The quantitative estimate of drug-likeness (QED) is 0.617. The Balaban J connectivity index is 1.92. The maximum absolute atomic E-state index is 12.2. The average Bonchev–Trinajstić information content (AvgIpc) is 3.01. The van der Waals surface area contributed by atoms with Gasteiger partial charge in [-0.1, -0.05) is 44.2 Å². The Morgan fingerprint density at radius 3 is 2.55 bits per heavy atom. The van der Waals surface area contributed by atoms with E-state index in [1.165, 1.54) is 0 Å². The van der Waals surface area contributed by atoms with Crippen LogP contribution in [0.2, 0.25) is 0 Å². The van der Waals surface area contributed by atoms with Crippen molar-refractivity contribution < 1.29 is 19.1 Å². The van der Waals surface area contributed by atoms with Crippen LogP contribution in [0.1, 0.15) is 37.0 Å². The molecule has 1 amide bonds. The van der Waals surface area contributed by atoms with Crippen LogP contribution < -0.4 is 0 Å². The van der Waals surface area contributed by atoms with Gasteiger partial charge in [0.15, 0.2) is 12.4 Å². The molecule has 1 fully saturated rings. The summed E-state index contributed by atoms with van der Waals surface area (Å²) in [5, 5.41) is 0. The van der Waals surface area contributed by atoms with E-state index in [1.54, 1.807) is 29.2 Å². The number of ether oxygens (including phenoxy) is 1. The van der Waals surface area contributed by atoms with Gasteiger partial charge in [-0.05, 0) is 12.8 Å². The number of amides is 1. The second kappa shape index (κ2) is 7.20. The van der Waals surface area contributed by atoms with E-state index >= 15 is 0 Å². The van der Waals surface area contributed by atoms with Gasteiger partial charge in [0.05, 0.1) is 0 Å². The zero-order valence-electron chi connectivity index (χ0n) is 13.0. The van der Waals surface area contributed by atoms with Crippen molar-refractivity contribution in [3.8, 4) is 0 Å². The number of hydrogen-bond acceptors (Lipinski definition) is 4. The molecule has 0 radical (unpaired) electrons. The first-order valence-corrected chi connectivity index (χ1v) is 7.56. The topological polar surface area (TPSA) is 63.7 Å². The van der Waals surface area contributed by atoms with Crippen molar-refractivity contribution in [2.75, 3.05) is 13.2 Å². The lowest BCUT2D eigenvalue weighted by Gasteiger charge is -2.24. The first kappa shape index (κ1) is 16.2. The number of Topliss-reactive ketones (excluding diaryl/α,β-unsaturated/α-hetero) is 1. The highest BCUT2D eigenvalue weighted by Gasteiger charge is 2.36. The smallest absolute Gasteiger partial charge is 0.329 e. The standard InChI is InChI=1S/C17H21NO4/c1-12(2)16(20)18-10-6-9-14(18)17(21)22-11-15(19)13-7-4-3-5-8-13/h3-5,7-8,12,14H,6,9-11H2,1-2H3/t14-/m0/s1. The first-order chi connectivity index (χ1) is 10.5.